The van der Waals surface area contributed by atoms with Gasteiger partial charge < -0.3 is 9.47 Å². The highest BCUT2D eigenvalue weighted by atomic mass is 16.6. The molecule has 1 aromatic carbocycles. The molecule has 0 aliphatic carbocycles. The van der Waals surface area contributed by atoms with Crippen molar-refractivity contribution in [1.29, 1.82) is 0 Å². The SMILES string of the molecule is CCCCCCCCc1ccc(CCC2(C(=O)OCC)CCOC2=O)cc1. The van der Waals surface area contributed by atoms with E-state index in [4.69, 9.17) is 9.47 Å². The van der Waals surface area contributed by atoms with Crippen molar-refractivity contribution in [3.8, 4) is 0 Å². The lowest BCUT2D eigenvalue weighted by molar-refractivity contribution is -0.164. The minimum absolute atomic E-state index is 0.279. The zero-order valence-corrected chi connectivity index (χ0v) is 16.9. The summed E-state index contributed by atoms with van der Waals surface area (Å²) in [5.74, 6) is -0.868. The predicted molar refractivity (Wildman–Crippen MR) is 106 cm³/mol. The Bertz CT molecular complexity index is 593. The van der Waals surface area contributed by atoms with Crippen LogP contribution in [0.1, 0.15) is 76.3 Å². The summed E-state index contributed by atoms with van der Waals surface area (Å²) in [6, 6.07) is 8.58. The van der Waals surface area contributed by atoms with Crippen molar-refractivity contribution in [3.05, 3.63) is 35.4 Å². The quantitative estimate of drug-likeness (QED) is 0.293. The van der Waals surface area contributed by atoms with Crippen LogP contribution < -0.4 is 0 Å². The lowest BCUT2D eigenvalue weighted by Gasteiger charge is -2.22. The predicted octanol–water partition coefficient (Wildman–Crippen LogP) is 5.02. The van der Waals surface area contributed by atoms with Gasteiger partial charge in [-0.1, -0.05) is 63.3 Å². The van der Waals surface area contributed by atoms with E-state index in [1.54, 1.807) is 6.92 Å². The summed E-state index contributed by atoms with van der Waals surface area (Å²) in [4.78, 5) is 24.5. The maximum atomic E-state index is 12.3. The van der Waals surface area contributed by atoms with Gasteiger partial charge >= 0.3 is 11.9 Å². The van der Waals surface area contributed by atoms with Crippen LogP contribution >= 0.6 is 0 Å². The number of aryl methyl sites for hydroxylation is 2. The van der Waals surface area contributed by atoms with Gasteiger partial charge in [0.15, 0.2) is 5.41 Å². The molecule has 1 aromatic rings. The van der Waals surface area contributed by atoms with Crippen molar-refractivity contribution >= 4 is 11.9 Å². The van der Waals surface area contributed by atoms with Crippen LogP contribution in [0.15, 0.2) is 24.3 Å². The van der Waals surface area contributed by atoms with Gasteiger partial charge in [0.2, 0.25) is 0 Å². The average Bonchev–Trinajstić information content (AvgIpc) is 3.05. The molecular weight excluding hydrogens is 340 g/mol. The Hall–Kier alpha value is -1.84. The summed E-state index contributed by atoms with van der Waals surface area (Å²) < 4.78 is 10.2. The van der Waals surface area contributed by atoms with Crippen molar-refractivity contribution in [1.82, 2.24) is 0 Å². The number of ether oxygens (including phenoxy) is 2. The lowest BCUT2D eigenvalue weighted by atomic mass is 9.80. The van der Waals surface area contributed by atoms with Gasteiger partial charge in [-0.15, -0.1) is 0 Å². The van der Waals surface area contributed by atoms with E-state index in [-0.39, 0.29) is 6.61 Å². The van der Waals surface area contributed by atoms with Gasteiger partial charge in [-0.2, -0.15) is 0 Å². The van der Waals surface area contributed by atoms with E-state index in [1.807, 2.05) is 0 Å². The number of carbonyl (C=O) groups is 2. The third kappa shape index (κ3) is 6.08. The van der Waals surface area contributed by atoms with Crippen LogP contribution in [0.4, 0.5) is 0 Å². The first-order valence-corrected chi connectivity index (χ1v) is 10.5. The van der Waals surface area contributed by atoms with Crippen LogP contribution in [-0.4, -0.2) is 25.2 Å². The molecule has 0 N–H and O–H groups in total. The first-order valence-electron chi connectivity index (χ1n) is 10.5. The second-order valence-corrected chi connectivity index (χ2v) is 7.52. The number of esters is 2. The standard InChI is InChI=1S/C23H34O4/c1-3-5-6-7-8-9-10-19-11-13-20(14-12-19)15-16-23(21(24)26-4-2)17-18-27-22(23)25/h11-14H,3-10,15-18H2,1-2H3. The molecule has 1 fully saturated rings. The number of unbranched alkanes of at least 4 members (excludes halogenated alkanes) is 5. The van der Waals surface area contributed by atoms with E-state index in [0.29, 0.717) is 25.9 Å². The Morgan fingerprint density at radius 3 is 2.22 bits per heavy atom. The summed E-state index contributed by atoms with van der Waals surface area (Å²) in [5, 5.41) is 0. The van der Waals surface area contributed by atoms with Gasteiger partial charge in [0.05, 0.1) is 13.2 Å². The van der Waals surface area contributed by atoms with Crippen LogP contribution in [0.2, 0.25) is 0 Å². The molecule has 4 heteroatoms. The topological polar surface area (TPSA) is 52.6 Å². The van der Waals surface area contributed by atoms with E-state index in [1.165, 1.54) is 44.1 Å². The van der Waals surface area contributed by atoms with Crippen molar-refractivity contribution in [2.45, 2.75) is 78.1 Å². The zero-order chi connectivity index (χ0) is 19.5. The molecule has 4 nitrogen and oxygen atoms in total. The van der Waals surface area contributed by atoms with E-state index >= 15 is 0 Å². The van der Waals surface area contributed by atoms with Gasteiger partial charge in [-0.25, -0.2) is 0 Å². The highest BCUT2D eigenvalue weighted by Crippen LogP contribution is 2.36. The van der Waals surface area contributed by atoms with E-state index in [0.717, 1.165) is 12.0 Å². The number of hydrogen-bond acceptors (Lipinski definition) is 4. The molecule has 2 rings (SSSR count). The fourth-order valence-corrected chi connectivity index (χ4v) is 3.68. The minimum Gasteiger partial charge on any atom is -0.465 e. The van der Waals surface area contributed by atoms with Crippen LogP contribution in [0.3, 0.4) is 0 Å². The van der Waals surface area contributed by atoms with Crippen LogP contribution in [-0.2, 0) is 31.9 Å². The summed E-state index contributed by atoms with van der Waals surface area (Å²) in [6.07, 6.45) is 10.5. The highest BCUT2D eigenvalue weighted by molar-refractivity contribution is 6.01. The number of cyclic esters (lactones) is 1. The molecule has 1 heterocycles. The molecular formula is C23H34O4. The second-order valence-electron chi connectivity index (χ2n) is 7.52. The molecule has 0 amide bonds. The minimum atomic E-state index is -1.12. The van der Waals surface area contributed by atoms with Crippen LogP contribution in [0.25, 0.3) is 0 Å². The van der Waals surface area contributed by atoms with Crippen LogP contribution in [0.5, 0.6) is 0 Å². The summed E-state index contributed by atoms with van der Waals surface area (Å²) in [7, 11) is 0. The highest BCUT2D eigenvalue weighted by Gasteiger charge is 2.52. The Morgan fingerprint density at radius 1 is 1.00 bits per heavy atom. The van der Waals surface area contributed by atoms with Crippen molar-refractivity contribution < 1.29 is 19.1 Å². The molecule has 1 aliphatic rings. The molecule has 1 atom stereocenters. The summed E-state index contributed by atoms with van der Waals surface area (Å²) in [5.41, 5.74) is 1.38. The number of hydrogen-bond donors (Lipinski definition) is 0. The van der Waals surface area contributed by atoms with Gasteiger partial charge in [0, 0.05) is 6.42 Å². The lowest BCUT2D eigenvalue weighted by Crippen LogP contribution is -2.38. The Balaban J connectivity index is 1.83. The fraction of sp³-hybridized carbons (Fsp3) is 0.652. The number of rotatable bonds is 12. The van der Waals surface area contributed by atoms with E-state index < -0.39 is 17.4 Å². The maximum Gasteiger partial charge on any atom is 0.323 e. The molecule has 0 aromatic heterocycles. The van der Waals surface area contributed by atoms with E-state index in [2.05, 4.69) is 31.2 Å². The Morgan fingerprint density at radius 2 is 1.63 bits per heavy atom. The molecule has 0 radical (unpaired) electrons. The molecule has 0 saturated carbocycles. The number of carbonyl (C=O) groups excluding carboxylic acids is 2. The summed E-state index contributed by atoms with van der Waals surface area (Å²) >= 11 is 0. The summed E-state index contributed by atoms with van der Waals surface area (Å²) in [6.45, 7) is 4.58. The van der Waals surface area contributed by atoms with Crippen molar-refractivity contribution in [2.75, 3.05) is 13.2 Å². The fourth-order valence-electron chi connectivity index (χ4n) is 3.68. The number of benzene rings is 1. The van der Waals surface area contributed by atoms with E-state index in [9.17, 15) is 9.59 Å². The largest absolute Gasteiger partial charge is 0.465 e. The molecule has 27 heavy (non-hydrogen) atoms. The van der Waals surface area contributed by atoms with Gasteiger partial charge in [0.1, 0.15) is 0 Å². The molecule has 1 saturated heterocycles. The third-order valence-corrected chi connectivity index (χ3v) is 5.50. The Kier molecular flexibility index (Phi) is 8.83. The monoisotopic (exact) mass is 374 g/mol. The second kappa shape index (κ2) is 11.1. The van der Waals surface area contributed by atoms with Crippen LogP contribution in [0, 0.1) is 5.41 Å². The average molecular weight is 375 g/mol. The van der Waals surface area contributed by atoms with Gasteiger partial charge in [-0.3, -0.25) is 9.59 Å². The molecule has 1 unspecified atom stereocenters. The third-order valence-electron chi connectivity index (χ3n) is 5.50. The molecule has 1 aliphatic heterocycles. The molecule has 0 bridgehead atoms. The molecule has 0 spiro atoms. The molecule has 150 valence electrons. The Labute approximate surface area is 163 Å². The zero-order valence-electron chi connectivity index (χ0n) is 16.9. The maximum absolute atomic E-state index is 12.3. The van der Waals surface area contributed by atoms with Gasteiger partial charge in [0.25, 0.3) is 0 Å². The van der Waals surface area contributed by atoms with Crippen molar-refractivity contribution in [3.63, 3.8) is 0 Å². The van der Waals surface area contributed by atoms with Gasteiger partial charge in [-0.05, 0) is 43.7 Å². The first kappa shape index (κ1) is 21.5. The first-order chi connectivity index (χ1) is 13.1. The smallest absolute Gasteiger partial charge is 0.323 e. The van der Waals surface area contributed by atoms with Crippen molar-refractivity contribution in [2.24, 2.45) is 5.41 Å². The normalized spacial score (nSPS) is 19.1.